The van der Waals surface area contributed by atoms with Gasteiger partial charge in [0.15, 0.2) is 18.1 Å². The number of hydrogen-bond acceptors (Lipinski definition) is 8. The third-order valence-corrected chi connectivity index (χ3v) is 8.05. The number of amides is 3. The Bertz CT molecular complexity index is 1890. The number of piperidine rings is 1. The van der Waals surface area contributed by atoms with Gasteiger partial charge in [-0.2, -0.15) is 5.10 Å². The number of hydrogen-bond donors (Lipinski definition) is 2. The Labute approximate surface area is 263 Å². The highest BCUT2D eigenvalue weighted by Crippen LogP contribution is 2.29. The molecule has 4 bridgehead atoms. The van der Waals surface area contributed by atoms with Gasteiger partial charge in [0, 0.05) is 43.1 Å². The highest BCUT2D eigenvalue weighted by Gasteiger charge is 2.35. The molecule has 3 amide bonds. The number of carbonyl (C=O) groups excluding carboxylic acids is 3. The van der Waals surface area contributed by atoms with Crippen LogP contribution in [0.25, 0.3) is 10.8 Å². The second-order valence-electron chi connectivity index (χ2n) is 11.2. The lowest BCUT2D eigenvalue weighted by atomic mass is 10.0. The minimum atomic E-state index is -0.709. The predicted molar refractivity (Wildman–Crippen MR) is 164 cm³/mol. The summed E-state index contributed by atoms with van der Waals surface area (Å²) < 4.78 is 33.0. The molecule has 2 atom stereocenters. The molecule has 46 heavy (non-hydrogen) atoms. The third kappa shape index (κ3) is 6.48. The van der Waals surface area contributed by atoms with Crippen LogP contribution in [0.3, 0.4) is 0 Å². The van der Waals surface area contributed by atoms with E-state index in [1.165, 1.54) is 25.3 Å². The second-order valence-corrected chi connectivity index (χ2v) is 11.2. The van der Waals surface area contributed by atoms with E-state index in [4.69, 9.17) is 14.2 Å². The number of fused-ring (bicyclic) bond motifs is 6. The third-order valence-electron chi connectivity index (χ3n) is 8.05. The van der Waals surface area contributed by atoms with Crippen LogP contribution >= 0.6 is 0 Å². The van der Waals surface area contributed by atoms with Gasteiger partial charge < -0.3 is 29.7 Å². The molecule has 12 nitrogen and oxygen atoms in total. The Morgan fingerprint density at radius 3 is 2.70 bits per heavy atom. The van der Waals surface area contributed by atoms with Crippen LogP contribution in [0.15, 0.2) is 65.5 Å². The van der Waals surface area contributed by atoms with E-state index in [9.17, 15) is 23.6 Å². The number of nitrogens with one attached hydrogen (secondary N) is 2. The molecule has 4 aromatic rings. The molecule has 3 heterocycles. The minimum absolute atomic E-state index is 0.0300. The summed E-state index contributed by atoms with van der Waals surface area (Å²) in [6.45, 7) is 1.49. The average Bonchev–Trinajstić information content (AvgIpc) is 3.05. The van der Waals surface area contributed by atoms with Crippen molar-refractivity contribution in [3.8, 4) is 17.2 Å². The van der Waals surface area contributed by atoms with Crippen LogP contribution in [-0.2, 0) is 22.7 Å². The number of likely N-dealkylation sites (tertiary alicyclic amines) is 1. The monoisotopic (exact) mass is 629 g/mol. The van der Waals surface area contributed by atoms with Crippen molar-refractivity contribution in [2.24, 2.45) is 0 Å². The second kappa shape index (κ2) is 12.9. The standard InChI is InChI=1S/C33H32FN5O7/c1-19-24-5-3-4-6-25(24)33(43)39(37-19)17-31(41)38-10-9-27-26(16-38)36-32(42)21-7-8-28(44-2)29(13-21)45-18-30(40)35-15-20-11-22(34)14-23(12-20)46-27/h3-8,11-14,26-27H,9-10,15-18H2,1-2H3,(H,35,40)(H,36,42)/t26-,27+/m0/s1. The molecular formula is C33H32FN5O7. The molecule has 2 aliphatic rings. The van der Waals surface area contributed by atoms with E-state index in [-0.39, 0.29) is 61.3 Å². The van der Waals surface area contributed by atoms with Crippen LogP contribution in [-0.4, -0.2) is 71.4 Å². The number of benzene rings is 3. The molecule has 3 aromatic carbocycles. The first-order valence-electron chi connectivity index (χ1n) is 14.8. The number of carbonyl (C=O) groups is 3. The number of aryl methyl sites for hydroxylation is 1. The summed E-state index contributed by atoms with van der Waals surface area (Å²) in [7, 11) is 1.44. The predicted octanol–water partition coefficient (Wildman–Crippen LogP) is 2.34. The molecule has 2 aliphatic heterocycles. The summed E-state index contributed by atoms with van der Waals surface area (Å²) in [5.74, 6) is -1.13. The SMILES string of the molecule is COc1ccc2cc1OCC(=O)NCc1cc(F)cc(c1)O[C@@H]1CCN(C(=O)Cn3nc(C)c4ccccc4c3=O)C[C@@H]1NC2=O. The van der Waals surface area contributed by atoms with Crippen molar-refractivity contribution in [2.45, 2.75) is 38.6 Å². The van der Waals surface area contributed by atoms with Gasteiger partial charge >= 0.3 is 0 Å². The number of nitrogens with zero attached hydrogens (tertiary/aromatic N) is 3. The van der Waals surface area contributed by atoms with E-state index < -0.39 is 29.8 Å². The van der Waals surface area contributed by atoms with Crippen molar-refractivity contribution in [1.29, 1.82) is 0 Å². The molecule has 1 aromatic heterocycles. The van der Waals surface area contributed by atoms with Crippen molar-refractivity contribution in [3.05, 3.63) is 93.7 Å². The van der Waals surface area contributed by atoms with Crippen LogP contribution < -0.4 is 30.4 Å². The molecule has 0 radical (unpaired) electrons. The smallest absolute Gasteiger partial charge is 0.275 e. The fourth-order valence-electron chi connectivity index (χ4n) is 5.72. The zero-order valence-corrected chi connectivity index (χ0v) is 25.2. The minimum Gasteiger partial charge on any atom is -0.493 e. The van der Waals surface area contributed by atoms with Gasteiger partial charge in [-0.25, -0.2) is 9.07 Å². The number of aromatic nitrogens is 2. The van der Waals surface area contributed by atoms with Gasteiger partial charge in [0.25, 0.3) is 17.4 Å². The molecule has 0 spiro atoms. The first-order chi connectivity index (χ1) is 22.2. The van der Waals surface area contributed by atoms with Gasteiger partial charge in [0.05, 0.1) is 24.2 Å². The first-order valence-corrected chi connectivity index (χ1v) is 14.8. The Balaban J connectivity index is 1.29. The van der Waals surface area contributed by atoms with E-state index in [1.807, 2.05) is 12.1 Å². The fraction of sp³-hybridized carbons (Fsp3) is 0.303. The Morgan fingerprint density at radius 1 is 1.09 bits per heavy atom. The van der Waals surface area contributed by atoms with Crippen LogP contribution in [0.5, 0.6) is 17.2 Å². The number of halogens is 1. The summed E-state index contributed by atoms with van der Waals surface area (Å²) in [5.41, 5.74) is 0.936. The van der Waals surface area contributed by atoms with Gasteiger partial charge in [-0.1, -0.05) is 18.2 Å². The van der Waals surface area contributed by atoms with E-state index >= 15 is 0 Å². The van der Waals surface area contributed by atoms with Gasteiger partial charge in [0.2, 0.25) is 5.91 Å². The quantitative estimate of drug-likeness (QED) is 0.352. The fourth-order valence-corrected chi connectivity index (χ4v) is 5.72. The van der Waals surface area contributed by atoms with E-state index in [2.05, 4.69) is 15.7 Å². The molecule has 0 saturated carbocycles. The van der Waals surface area contributed by atoms with Crippen molar-refractivity contribution in [1.82, 2.24) is 25.3 Å². The lowest BCUT2D eigenvalue weighted by Gasteiger charge is -2.39. The molecule has 2 N–H and O–H groups in total. The van der Waals surface area contributed by atoms with Crippen LogP contribution in [0, 0.1) is 12.7 Å². The van der Waals surface area contributed by atoms with Crippen LogP contribution in [0.1, 0.15) is 28.0 Å². The molecular weight excluding hydrogens is 597 g/mol. The number of rotatable bonds is 3. The molecule has 1 fully saturated rings. The highest BCUT2D eigenvalue weighted by atomic mass is 19.1. The zero-order chi connectivity index (χ0) is 32.4. The topological polar surface area (TPSA) is 141 Å². The van der Waals surface area contributed by atoms with Gasteiger partial charge in [0.1, 0.15) is 24.2 Å². The van der Waals surface area contributed by atoms with Gasteiger partial charge in [-0.15, -0.1) is 0 Å². The molecule has 6 rings (SSSR count). The molecule has 1 saturated heterocycles. The molecule has 238 valence electrons. The van der Waals surface area contributed by atoms with E-state index in [0.29, 0.717) is 28.8 Å². The Morgan fingerprint density at radius 2 is 1.89 bits per heavy atom. The van der Waals surface area contributed by atoms with Gasteiger partial charge in [-0.05, 0) is 48.9 Å². The summed E-state index contributed by atoms with van der Waals surface area (Å²) in [4.78, 5) is 54.2. The van der Waals surface area contributed by atoms with E-state index in [0.717, 1.165) is 10.1 Å². The molecule has 13 heteroatoms. The normalized spacial score (nSPS) is 18.5. The maximum Gasteiger partial charge on any atom is 0.275 e. The largest absolute Gasteiger partial charge is 0.493 e. The molecule has 0 unspecified atom stereocenters. The average molecular weight is 630 g/mol. The van der Waals surface area contributed by atoms with E-state index in [1.54, 1.807) is 42.2 Å². The summed E-state index contributed by atoms with van der Waals surface area (Å²) >= 11 is 0. The lowest BCUT2D eigenvalue weighted by Crippen LogP contribution is -2.58. The van der Waals surface area contributed by atoms with Crippen LogP contribution in [0.2, 0.25) is 0 Å². The number of ether oxygens (including phenoxy) is 3. The highest BCUT2D eigenvalue weighted by molar-refractivity contribution is 5.95. The molecule has 0 aliphatic carbocycles. The number of methoxy groups -OCH3 is 1. The van der Waals surface area contributed by atoms with Crippen molar-refractivity contribution in [2.75, 3.05) is 26.8 Å². The Hall–Kier alpha value is -5.46. The van der Waals surface area contributed by atoms with Crippen molar-refractivity contribution >= 4 is 28.5 Å². The van der Waals surface area contributed by atoms with Gasteiger partial charge in [-0.3, -0.25) is 19.2 Å². The lowest BCUT2D eigenvalue weighted by molar-refractivity contribution is -0.134. The summed E-state index contributed by atoms with van der Waals surface area (Å²) in [6, 6.07) is 15.1. The van der Waals surface area contributed by atoms with Crippen molar-refractivity contribution < 1.29 is 33.0 Å². The zero-order valence-electron chi connectivity index (χ0n) is 25.2. The summed E-state index contributed by atoms with van der Waals surface area (Å²) in [6.07, 6.45) is -0.335. The maximum atomic E-state index is 14.6. The maximum absolute atomic E-state index is 14.6. The van der Waals surface area contributed by atoms with Crippen LogP contribution in [0.4, 0.5) is 4.39 Å². The first kappa shape index (κ1) is 30.6. The summed E-state index contributed by atoms with van der Waals surface area (Å²) in [5, 5.41) is 11.2. The van der Waals surface area contributed by atoms with Crippen molar-refractivity contribution in [3.63, 3.8) is 0 Å². The Kier molecular flexibility index (Phi) is 8.55.